The highest BCUT2D eigenvalue weighted by Crippen LogP contribution is 2.43. The van der Waals surface area contributed by atoms with Gasteiger partial charge in [0.15, 0.2) is 0 Å². The minimum atomic E-state index is 0.0333. The fourth-order valence-corrected chi connectivity index (χ4v) is 4.58. The Hall–Kier alpha value is -3.45. The van der Waals surface area contributed by atoms with Crippen LogP contribution in [0.1, 0.15) is 23.7 Å². The van der Waals surface area contributed by atoms with E-state index < -0.39 is 0 Å². The van der Waals surface area contributed by atoms with Gasteiger partial charge in [0.1, 0.15) is 0 Å². The number of hydrogen-bond donors (Lipinski definition) is 0. The van der Waals surface area contributed by atoms with E-state index >= 15 is 0 Å². The minimum absolute atomic E-state index is 0.0333. The number of pyridine rings is 1. The number of hydrogen-bond acceptors (Lipinski definition) is 6. The van der Waals surface area contributed by atoms with Gasteiger partial charge in [-0.15, -0.1) is 0 Å². The first-order valence-electron chi connectivity index (χ1n) is 9.72. The number of benzene rings is 2. The number of aromatic nitrogens is 3. The van der Waals surface area contributed by atoms with Crippen LogP contribution in [0, 0.1) is 0 Å². The Kier molecular flexibility index (Phi) is 4.80. The summed E-state index contributed by atoms with van der Waals surface area (Å²) in [5, 5.41) is 4.15. The maximum atomic E-state index is 13.2. The van der Waals surface area contributed by atoms with Crippen molar-refractivity contribution in [3.8, 4) is 22.8 Å². The predicted molar refractivity (Wildman–Crippen MR) is 115 cm³/mol. The fourth-order valence-electron chi connectivity index (χ4n) is 3.46. The van der Waals surface area contributed by atoms with E-state index in [1.807, 2.05) is 59.5 Å². The molecule has 1 aliphatic heterocycles. The Morgan fingerprint density at radius 1 is 1.00 bits per heavy atom. The molecule has 1 amide bonds. The van der Waals surface area contributed by atoms with E-state index in [-0.39, 0.29) is 5.91 Å². The Labute approximate surface area is 178 Å². The number of fused-ring (bicyclic) bond motifs is 2. The average Bonchev–Trinajstić information content (AvgIpc) is 3.25. The summed E-state index contributed by atoms with van der Waals surface area (Å²) >= 11 is 1.59. The SMILES string of the molecule is CCCN1C(=O)c2ccccc2Sc2cc(-c3noc(-c4ccncc4)n3)ccc21. The molecule has 2 aromatic heterocycles. The van der Waals surface area contributed by atoms with Crippen molar-refractivity contribution in [2.75, 3.05) is 11.4 Å². The summed E-state index contributed by atoms with van der Waals surface area (Å²) in [6, 6.07) is 17.3. The fraction of sp³-hybridized carbons (Fsp3) is 0.130. The summed E-state index contributed by atoms with van der Waals surface area (Å²) in [5.41, 5.74) is 3.30. The Morgan fingerprint density at radius 2 is 1.83 bits per heavy atom. The molecule has 0 unspecified atom stereocenters. The van der Waals surface area contributed by atoms with E-state index in [0.717, 1.165) is 38.6 Å². The first-order valence-corrected chi connectivity index (χ1v) is 10.5. The molecular weight excluding hydrogens is 396 g/mol. The molecule has 1 aliphatic rings. The highest BCUT2D eigenvalue weighted by Gasteiger charge is 2.27. The van der Waals surface area contributed by atoms with Crippen LogP contribution in [0.3, 0.4) is 0 Å². The van der Waals surface area contributed by atoms with Crippen LogP contribution in [0.4, 0.5) is 5.69 Å². The second kappa shape index (κ2) is 7.76. The van der Waals surface area contributed by atoms with Crippen molar-refractivity contribution < 1.29 is 9.32 Å². The van der Waals surface area contributed by atoms with Gasteiger partial charge in [-0.2, -0.15) is 4.98 Å². The monoisotopic (exact) mass is 414 g/mol. The minimum Gasteiger partial charge on any atom is -0.334 e. The van der Waals surface area contributed by atoms with Crippen molar-refractivity contribution in [3.05, 3.63) is 72.6 Å². The topological polar surface area (TPSA) is 72.1 Å². The average molecular weight is 414 g/mol. The normalized spacial score (nSPS) is 13.0. The van der Waals surface area contributed by atoms with E-state index in [0.29, 0.717) is 18.3 Å². The first-order chi connectivity index (χ1) is 14.7. The Morgan fingerprint density at radius 3 is 2.67 bits per heavy atom. The lowest BCUT2D eigenvalue weighted by Gasteiger charge is -2.22. The first kappa shape index (κ1) is 18.6. The summed E-state index contributed by atoms with van der Waals surface area (Å²) in [6.45, 7) is 2.74. The van der Waals surface area contributed by atoms with E-state index in [9.17, 15) is 4.79 Å². The maximum absolute atomic E-state index is 13.2. The van der Waals surface area contributed by atoms with Gasteiger partial charge in [-0.05, 0) is 48.9 Å². The zero-order valence-corrected chi connectivity index (χ0v) is 17.1. The summed E-state index contributed by atoms with van der Waals surface area (Å²) in [6.07, 6.45) is 4.25. The second-order valence-corrected chi connectivity index (χ2v) is 7.98. The molecule has 0 spiro atoms. The molecule has 0 bridgehead atoms. The smallest absolute Gasteiger partial charge is 0.259 e. The standard InChI is InChI=1S/C23H18N4O2S/c1-2-13-27-18-8-7-16(21-25-22(29-26-21)15-9-11-24-12-10-15)14-20(18)30-19-6-4-3-5-17(19)23(27)28/h3-12,14H,2,13H2,1H3. The molecule has 0 aliphatic carbocycles. The van der Waals surface area contributed by atoms with Gasteiger partial charge in [0.05, 0.1) is 11.3 Å². The molecule has 7 heteroatoms. The van der Waals surface area contributed by atoms with Gasteiger partial charge in [0.25, 0.3) is 11.8 Å². The quantitative estimate of drug-likeness (QED) is 0.450. The third-order valence-electron chi connectivity index (χ3n) is 4.89. The number of nitrogens with zero attached hydrogens (tertiary/aromatic N) is 4. The highest BCUT2D eigenvalue weighted by molar-refractivity contribution is 7.99. The highest BCUT2D eigenvalue weighted by atomic mass is 32.2. The predicted octanol–water partition coefficient (Wildman–Crippen LogP) is 5.32. The molecule has 2 aromatic carbocycles. The van der Waals surface area contributed by atoms with Gasteiger partial charge in [0, 0.05) is 39.9 Å². The molecule has 0 saturated carbocycles. The number of carbonyl (C=O) groups excluding carboxylic acids is 1. The van der Waals surface area contributed by atoms with Crippen molar-refractivity contribution in [1.29, 1.82) is 0 Å². The molecule has 148 valence electrons. The summed E-state index contributed by atoms with van der Waals surface area (Å²) in [4.78, 5) is 25.5. The van der Waals surface area contributed by atoms with E-state index in [1.54, 1.807) is 24.2 Å². The lowest BCUT2D eigenvalue weighted by molar-refractivity contribution is 0.0984. The van der Waals surface area contributed by atoms with E-state index in [1.165, 1.54) is 0 Å². The van der Waals surface area contributed by atoms with Crippen molar-refractivity contribution in [3.63, 3.8) is 0 Å². The molecule has 3 heterocycles. The summed E-state index contributed by atoms with van der Waals surface area (Å²) in [7, 11) is 0. The molecule has 5 rings (SSSR count). The lowest BCUT2D eigenvalue weighted by atomic mass is 10.1. The molecule has 0 fully saturated rings. The van der Waals surface area contributed by atoms with Crippen LogP contribution in [0.5, 0.6) is 0 Å². The summed E-state index contributed by atoms with van der Waals surface area (Å²) < 4.78 is 5.45. The molecule has 0 radical (unpaired) electrons. The number of amides is 1. The number of rotatable bonds is 4. The zero-order chi connectivity index (χ0) is 20.5. The van der Waals surface area contributed by atoms with Crippen LogP contribution in [-0.4, -0.2) is 27.6 Å². The molecule has 30 heavy (non-hydrogen) atoms. The Bertz CT molecular complexity index is 1220. The Balaban J connectivity index is 1.57. The van der Waals surface area contributed by atoms with Gasteiger partial charge in [0.2, 0.25) is 5.82 Å². The van der Waals surface area contributed by atoms with Gasteiger partial charge in [-0.3, -0.25) is 9.78 Å². The van der Waals surface area contributed by atoms with Crippen molar-refractivity contribution in [1.82, 2.24) is 15.1 Å². The van der Waals surface area contributed by atoms with Crippen molar-refractivity contribution >= 4 is 23.4 Å². The molecule has 0 N–H and O–H groups in total. The number of carbonyl (C=O) groups is 1. The van der Waals surface area contributed by atoms with Crippen LogP contribution < -0.4 is 4.90 Å². The molecule has 4 aromatic rings. The zero-order valence-electron chi connectivity index (χ0n) is 16.3. The molecular formula is C23H18N4O2S. The molecule has 6 nitrogen and oxygen atoms in total. The van der Waals surface area contributed by atoms with Gasteiger partial charge >= 0.3 is 0 Å². The van der Waals surface area contributed by atoms with E-state index in [2.05, 4.69) is 22.0 Å². The van der Waals surface area contributed by atoms with Gasteiger partial charge < -0.3 is 9.42 Å². The lowest BCUT2D eigenvalue weighted by Crippen LogP contribution is -2.31. The van der Waals surface area contributed by atoms with Crippen molar-refractivity contribution in [2.45, 2.75) is 23.1 Å². The van der Waals surface area contributed by atoms with Crippen LogP contribution >= 0.6 is 11.8 Å². The van der Waals surface area contributed by atoms with Crippen LogP contribution in [0.25, 0.3) is 22.8 Å². The largest absolute Gasteiger partial charge is 0.334 e. The second-order valence-electron chi connectivity index (χ2n) is 6.90. The number of anilines is 1. The van der Waals surface area contributed by atoms with Crippen LogP contribution in [0.2, 0.25) is 0 Å². The molecule has 0 saturated heterocycles. The van der Waals surface area contributed by atoms with Crippen LogP contribution in [0.15, 0.2) is 81.3 Å². The van der Waals surface area contributed by atoms with Gasteiger partial charge in [-0.1, -0.05) is 36.0 Å². The van der Waals surface area contributed by atoms with E-state index in [4.69, 9.17) is 4.52 Å². The third kappa shape index (κ3) is 3.27. The summed E-state index contributed by atoms with van der Waals surface area (Å²) in [5.74, 6) is 0.991. The van der Waals surface area contributed by atoms with Gasteiger partial charge in [-0.25, -0.2) is 0 Å². The third-order valence-corrected chi connectivity index (χ3v) is 6.01. The van der Waals surface area contributed by atoms with Crippen molar-refractivity contribution in [2.24, 2.45) is 0 Å². The molecule has 0 atom stereocenters. The van der Waals surface area contributed by atoms with Crippen LogP contribution in [-0.2, 0) is 0 Å². The maximum Gasteiger partial charge on any atom is 0.259 e.